The van der Waals surface area contributed by atoms with Crippen LogP contribution in [0, 0.1) is 6.92 Å². The monoisotopic (exact) mass is 287 g/mol. The Labute approximate surface area is 124 Å². The summed E-state index contributed by atoms with van der Waals surface area (Å²) in [6.07, 6.45) is 0.344. The van der Waals surface area contributed by atoms with Crippen molar-refractivity contribution in [1.29, 1.82) is 0 Å². The highest BCUT2D eigenvalue weighted by molar-refractivity contribution is 6.30. The Morgan fingerprint density at radius 1 is 1.20 bits per heavy atom. The van der Waals surface area contributed by atoms with E-state index in [0.717, 1.165) is 11.1 Å². The SMILES string of the molecule is Cc1ccccc1[C@H](C)NC(=O)Cc1cccc(Cl)c1. The number of carbonyl (C=O) groups excluding carboxylic acids is 1. The Morgan fingerprint density at radius 3 is 2.65 bits per heavy atom. The zero-order chi connectivity index (χ0) is 14.5. The summed E-state index contributed by atoms with van der Waals surface area (Å²) in [4.78, 5) is 12.1. The summed E-state index contributed by atoms with van der Waals surface area (Å²) in [5, 5.41) is 3.68. The van der Waals surface area contributed by atoms with Gasteiger partial charge in [0.25, 0.3) is 0 Å². The van der Waals surface area contributed by atoms with Crippen LogP contribution in [0.15, 0.2) is 48.5 Å². The van der Waals surface area contributed by atoms with E-state index in [2.05, 4.69) is 18.3 Å². The molecule has 1 N–H and O–H groups in total. The minimum atomic E-state index is 0.00267. The topological polar surface area (TPSA) is 29.1 Å². The Balaban J connectivity index is 2.00. The summed E-state index contributed by atoms with van der Waals surface area (Å²) in [6.45, 7) is 4.05. The predicted octanol–water partition coefficient (Wildman–Crippen LogP) is 4.07. The molecule has 0 aliphatic rings. The molecule has 2 aromatic rings. The third-order valence-corrected chi connectivity index (χ3v) is 3.52. The summed E-state index contributed by atoms with van der Waals surface area (Å²) < 4.78 is 0. The van der Waals surface area contributed by atoms with Gasteiger partial charge in [-0.2, -0.15) is 0 Å². The Morgan fingerprint density at radius 2 is 1.95 bits per heavy atom. The van der Waals surface area contributed by atoms with Crippen molar-refractivity contribution in [2.24, 2.45) is 0 Å². The van der Waals surface area contributed by atoms with Gasteiger partial charge < -0.3 is 5.32 Å². The molecule has 0 aromatic heterocycles. The first-order valence-corrected chi connectivity index (χ1v) is 7.03. The van der Waals surface area contributed by atoms with E-state index in [9.17, 15) is 4.79 Å². The molecule has 2 aromatic carbocycles. The minimum Gasteiger partial charge on any atom is -0.349 e. The number of aryl methyl sites for hydroxylation is 1. The van der Waals surface area contributed by atoms with Crippen molar-refractivity contribution < 1.29 is 4.79 Å². The first kappa shape index (κ1) is 14.6. The Bertz CT molecular complexity index is 609. The number of hydrogen-bond acceptors (Lipinski definition) is 1. The van der Waals surface area contributed by atoms with Gasteiger partial charge in [0.2, 0.25) is 5.91 Å². The van der Waals surface area contributed by atoms with Gasteiger partial charge in [0.05, 0.1) is 12.5 Å². The number of hydrogen-bond donors (Lipinski definition) is 1. The summed E-state index contributed by atoms with van der Waals surface area (Å²) in [7, 11) is 0. The van der Waals surface area contributed by atoms with Gasteiger partial charge in [-0.05, 0) is 42.7 Å². The van der Waals surface area contributed by atoms with Gasteiger partial charge in [-0.15, -0.1) is 0 Å². The van der Waals surface area contributed by atoms with Crippen LogP contribution in [0.1, 0.15) is 29.7 Å². The highest BCUT2D eigenvalue weighted by Crippen LogP contribution is 2.17. The smallest absolute Gasteiger partial charge is 0.224 e. The molecule has 0 fully saturated rings. The minimum absolute atomic E-state index is 0.00267. The van der Waals surface area contributed by atoms with Crippen LogP contribution in [0.3, 0.4) is 0 Å². The number of nitrogens with one attached hydrogen (secondary N) is 1. The van der Waals surface area contributed by atoms with Crippen LogP contribution in [0.4, 0.5) is 0 Å². The van der Waals surface area contributed by atoms with Gasteiger partial charge in [-0.1, -0.05) is 48.0 Å². The summed E-state index contributed by atoms with van der Waals surface area (Å²) in [5.41, 5.74) is 3.25. The molecule has 2 nitrogen and oxygen atoms in total. The first-order valence-electron chi connectivity index (χ1n) is 6.65. The van der Waals surface area contributed by atoms with Crippen LogP contribution in [-0.2, 0) is 11.2 Å². The quantitative estimate of drug-likeness (QED) is 0.902. The molecule has 20 heavy (non-hydrogen) atoms. The maximum atomic E-state index is 12.1. The zero-order valence-corrected chi connectivity index (χ0v) is 12.4. The van der Waals surface area contributed by atoms with E-state index in [1.807, 2.05) is 43.3 Å². The fourth-order valence-corrected chi connectivity index (χ4v) is 2.49. The molecule has 0 aliphatic carbocycles. The molecular formula is C17H18ClNO. The average molecular weight is 288 g/mol. The maximum Gasteiger partial charge on any atom is 0.224 e. The molecule has 0 bridgehead atoms. The second-order valence-corrected chi connectivity index (χ2v) is 5.39. The largest absolute Gasteiger partial charge is 0.349 e. The van der Waals surface area contributed by atoms with Crippen LogP contribution in [0.2, 0.25) is 5.02 Å². The molecule has 0 unspecified atom stereocenters. The lowest BCUT2D eigenvalue weighted by Gasteiger charge is -2.16. The highest BCUT2D eigenvalue weighted by atomic mass is 35.5. The molecule has 2 rings (SSSR count). The van der Waals surface area contributed by atoms with Crippen molar-refractivity contribution in [3.8, 4) is 0 Å². The number of amides is 1. The third-order valence-electron chi connectivity index (χ3n) is 3.29. The van der Waals surface area contributed by atoms with Gasteiger partial charge in [0.15, 0.2) is 0 Å². The molecule has 3 heteroatoms. The third kappa shape index (κ3) is 3.84. The maximum absolute atomic E-state index is 12.1. The molecule has 1 amide bonds. The molecule has 0 heterocycles. The molecule has 1 atom stereocenters. The van der Waals surface area contributed by atoms with Crippen LogP contribution in [0.5, 0.6) is 0 Å². The van der Waals surface area contributed by atoms with Crippen molar-refractivity contribution in [2.75, 3.05) is 0 Å². The van der Waals surface area contributed by atoms with E-state index < -0.39 is 0 Å². The van der Waals surface area contributed by atoms with E-state index in [4.69, 9.17) is 11.6 Å². The van der Waals surface area contributed by atoms with Gasteiger partial charge in [0.1, 0.15) is 0 Å². The van der Waals surface area contributed by atoms with Crippen LogP contribution in [0.25, 0.3) is 0 Å². The second-order valence-electron chi connectivity index (χ2n) is 4.95. The summed E-state index contributed by atoms with van der Waals surface area (Å²) >= 11 is 5.92. The molecule has 104 valence electrons. The molecule has 0 saturated carbocycles. The highest BCUT2D eigenvalue weighted by Gasteiger charge is 2.11. The summed E-state index contributed by atoms with van der Waals surface area (Å²) in [6, 6.07) is 15.5. The fourth-order valence-electron chi connectivity index (χ4n) is 2.28. The van der Waals surface area contributed by atoms with Gasteiger partial charge in [-0.3, -0.25) is 4.79 Å². The van der Waals surface area contributed by atoms with Crippen molar-refractivity contribution in [3.63, 3.8) is 0 Å². The van der Waals surface area contributed by atoms with E-state index in [1.54, 1.807) is 6.07 Å². The molecule has 0 radical (unpaired) electrons. The number of carbonyl (C=O) groups is 1. The van der Waals surface area contributed by atoms with E-state index in [0.29, 0.717) is 11.4 Å². The molecular weight excluding hydrogens is 270 g/mol. The number of rotatable bonds is 4. The molecule has 0 saturated heterocycles. The summed E-state index contributed by atoms with van der Waals surface area (Å²) in [5.74, 6) is 0.00280. The van der Waals surface area contributed by atoms with E-state index in [1.165, 1.54) is 5.56 Å². The molecule has 0 spiro atoms. The Hall–Kier alpha value is -1.80. The fraction of sp³-hybridized carbons (Fsp3) is 0.235. The Kier molecular flexibility index (Phi) is 4.80. The van der Waals surface area contributed by atoms with Crippen LogP contribution in [-0.4, -0.2) is 5.91 Å². The number of benzene rings is 2. The lowest BCUT2D eigenvalue weighted by Crippen LogP contribution is -2.28. The zero-order valence-electron chi connectivity index (χ0n) is 11.7. The average Bonchev–Trinajstić information content (AvgIpc) is 2.38. The van der Waals surface area contributed by atoms with Crippen LogP contribution >= 0.6 is 11.6 Å². The lowest BCUT2D eigenvalue weighted by atomic mass is 10.0. The number of halogens is 1. The van der Waals surface area contributed by atoms with Crippen molar-refractivity contribution in [3.05, 3.63) is 70.2 Å². The van der Waals surface area contributed by atoms with Crippen molar-refractivity contribution in [2.45, 2.75) is 26.3 Å². The normalized spacial score (nSPS) is 11.9. The van der Waals surface area contributed by atoms with Crippen LogP contribution < -0.4 is 5.32 Å². The van der Waals surface area contributed by atoms with E-state index in [-0.39, 0.29) is 11.9 Å². The van der Waals surface area contributed by atoms with E-state index >= 15 is 0 Å². The predicted molar refractivity (Wildman–Crippen MR) is 82.9 cm³/mol. The lowest BCUT2D eigenvalue weighted by molar-refractivity contribution is -0.121. The standard InChI is InChI=1S/C17H18ClNO/c1-12-6-3-4-9-16(12)13(2)19-17(20)11-14-7-5-8-15(18)10-14/h3-10,13H,11H2,1-2H3,(H,19,20)/t13-/m0/s1. The van der Waals surface area contributed by atoms with Gasteiger partial charge in [-0.25, -0.2) is 0 Å². The first-order chi connectivity index (χ1) is 9.56. The van der Waals surface area contributed by atoms with Crippen molar-refractivity contribution in [1.82, 2.24) is 5.32 Å². The van der Waals surface area contributed by atoms with Gasteiger partial charge >= 0.3 is 0 Å². The van der Waals surface area contributed by atoms with Gasteiger partial charge in [0, 0.05) is 5.02 Å². The van der Waals surface area contributed by atoms with Crippen molar-refractivity contribution >= 4 is 17.5 Å². The second kappa shape index (κ2) is 6.58. The molecule has 0 aliphatic heterocycles.